The van der Waals surface area contributed by atoms with Crippen molar-refractivity contribution in [2.24, 2.45) is 0 Å². The van der Waals surface area contributed by atoms with E-state index in [2.05, 4.69) is 136 Å². The zero-order chi connectivity index (χ0) is 38.1. The Morgan fingerprint density at radius 1 is 0.473 bits per heavy atom. The Morgan fingerprint density at radius 3 is 1.67 bits per heavy atom. The Bertz CT molecular complexity index is 2700. The molecule has 9 rings (SSSR count). The lowest BCUT2D eigenvalue weighted by molar-refractivity contribution is -0.137. The molecule has 0 aliphatic heterocycles. The molecule has 0 amide bonds. The summed E-state index contributed by atoms with van der Waals surface area (Å²) in [5.74, 6) is 0. The second kappa shape index (κ2) is 12.8. The lowest BCUT2D eigenvalue weighted by Crippen LogP contribution is -2.17. The fourth-order valence-electron chi connectivity index (χ4n) is 8.88. The van der Waals surface area contributed by atoms with Gasteiger partial charge in [0.05, 0.1) is 5.56 Å². The number of hydrogen-bond acceptors (Lipinski definition) is 2. The summed E-state index contributed by atoms with van der Waals surface area (Å²) in [5.41, 5.74) is 12.7. The van der Waals surface area contributed by atoms with Crippen molar-refractivity contribution in [2.75, 3.05) is 4.90 Å². The molecule has 0 spiro atoms. The second-order valence-corrected chi connectivity index (χ2v) is 16.0. The smallest absolute Gasteiger partial charge is 0.416 e. The molecule has 0 saturated carbocycles. The number of hydrogen-bond donors (Lipinski definition) is 0. The molecule has 8 aromatic rings. The van der Waals surface area contributed by atoms with Gasteiger partial charge < -0.3 is 9.32 Å². The maximum absolute atomic E-state index is 13.3. The molecule has 0 atom stereocenters. The zero-order valence-corrected chi connectivity index (χ0v) is 31.2. The van der Waals surface area contributed by atoms with Crippen LogP contribution in [0.25, 0.3) is 55.3 Å². The molecule has 1 heterocycles. The lowest BCUT2D eigenvalue weighted by atomic mass is 9.82. The van der Waals surface area contributed by atoms with Crippen LogP contribution in [0, 0.1) is 0 Å². The van der Waals surface area contributed by atoms with Crippen molar-refractivity contribution in [2.45, 2.75) is 51.1 Å². The van der Waals surface area contributed by atoms with Crippen LogP contribution < -0.4 is 4.90 Å². The number of anilines is 3. The molecule has 1 aliphatic carbocycles. The minimum atomic E-state index is -4.39. The SMILES string of the molecule is CC1(C)CC(C)(C)c2cc3c(cc21)oc1ccc(N(c2ccc(-c4ccccc4-c4ccc(C(F)(F)F)cc4)cc2)c2cccc(-c4ccccc4)c2)cc13. The Hall–Kier alpha value is -6.07. The van der Waals surface area contributed by atoms with Gasteiger partial charge in [-0.1, -0.05) is 119 Å². The van der Waals surface area contributed by atoms with Gasteiger partial charge in [-0.15, -0.1) is 0 Å². The second-order valence-electron chi connectivity index (χ2n) is 16.0. The van der Waals surface area contributed by atoms with Crippen LogP contribution in [0.5, 0.6) is 0 Å². The first-order valence-corrected chi connectivity index (χ1v) is 18.7. The third kappa shape index (κ3) is 6.18. The highest BCUT2D eigenvalue weighted by Gasteiger charge is 2.42. The number of furan rings is 1. The van der Waals surface area contributed by atoms with Crippen LogP contribution in [0.1, 0.15) is 50.8 Å². The van der Waals surface area contributed by atoms with Gasteiger partial charge in [-0.05, 0) is 128 Å². The van der Waals surface area contributed by atoms with E-state index in [1.54, 1.807) is 12.1 Å². The minimum absolute atomic E-state index is 0.0605. The standard InChI is InChI=1S/C50H40F3NO/c1-48(2)31-49(3,4)45-30-47-43(29-44(45)48)42-28-39(25-26-46(42)55-47)54(38-14-10-13-35(27-38)32-11-6-5-7-12-32)37-23-19-34(20-24-37)41-16-9-8-15-40(41)33-17-21-36(22-18-33)50(51,52)53/h5-30H,31H2,1-4H3. The first-order chi connectivity index (χ1) is 26.4. The molecular weight excluding hydrogens is 688 g/mol. The summed E-state index contributed by atoms with van der Waals surface area (Å²) in [7, 11) is 0. The predicted octanol–water partition coefficient (Wildman–Crippen LogP) is 15.0. The molecule has 1 aromatic heterocycles. The Labute approximate surface area is 319 Å². The van der Waals surface area contributed by atoms with Crippen molar-refractivity contribution >= 4 is 39.0 Å². The van der Waals surface area contributed by atoms with Crippen LogP contribution in [-0.4, -0.2) is 0 Å². The van der Waals surface area contributed by atoms with E-state index in [4.69, 9.17) is 4.42 Å². The summed E-state index contributed by atoms with van der Waals surface area (Å²) in [5, 5.41) is 2.19. The molecule has 272 valence electrons. The van der Waals surface area contributed by atoms with E-state index < -0.39 is 11.7 Å². The van der Waals surface area contributed by atoms with Crippen LogP contribution in [0.3, 0.4) is 0 Å². The number of alkyl halides is 3. The largest absolute Gasteiger partial charge is 0.456 e. The van der Waals surface area contributed by atoms with Gasteiger partial charge in [0.25, 0.3) is 0 Å². The minimum Gasteiger partial charge on any atom is -0.456 e. The van der Waals surface area contributed by atoms with Gasteiger partial charge >= 0.3 is 6.18 Å². The maximum atomic E-state index is 13.3. The third-order valence-electron chi connectivity index (χ3n) is 11.3. The molecule has 0 radical (unpaired) electrons. The van der Waals surface area contributed by atoms with Crippen LogP contribution in [0.4, 0.5) is 30.2 Å². The molecule has 2 nitrogen and oxygen atoms in total. The molecule has 0 saturated heterocycles. The van der Waals surface area contributed by atoms with Crippen molar-refractivity contribution < 1.29 is 17.6 Å². The first kappa shape index (κ1) is 34.7. The molecule has 0 unspecified atom stereocenters. The van der Waals surface area contributed by atoms with E-state index >= 15 is 0 Å². The van der Waals surface area contributed by atoms with Gasteiger partial charge in [0.15, 0.2) is 0 Å². The summed E-state index contributed by atoms with van der Waals surface area (Å²) in [6.07, 6.45) is -3.30. The highest BCUT2D eigenvalue weighted by atomic mass is 19.4. The van der Waals surface area contributed by atoms with E-state index in [9.17, 15) is 13.2 Å². The molecule has 0 N–H and O–H groups in total. The number of fused-ring (bicyclic) bond motifs is 4. The van der Waals surface area contributed by atoms with Gasteiger partial charge in [0.2, 0.25) is 0 Å². The van der Waals surface area contributed by atoms with E-state index in [-0.39, 0.29) is 10.8 Å². The highest BCUT2D eigenvalue weighted by molar-refractivity contribution is 6.07. The van der Waals surface area contributed by atoms with Crippen molar-refractivity contribution in [3.63, 3.8) is 0 Å². The fraction of sp³-hybridized carbons (Fsp3) is 0.160. The Kier molecular flexibility index (Phi) is 8.05. The van der Waals surface area contributed by atoms with Gasteiger partial charge in [-0.25, -0.2) is 0 Å². The maximum Gasteiger partial charge on any atom is 0.416 e. The summed E-state index contributed by atoms with van der Waals surface area (Å²) in [4.78, 5) is 2.27. The Morgan fingerprint density at radius 2 is 1.02 bits per heavy atom. The van der Waals surface area contributed by atoms with E-state index in [0.29, 0.717) is 0 Å². The normalized spacial score (nSPS) is 14.7. The zero-order valence-electron chi connectivity index (χ0n) is 31.2. The van der Waals surface area contributed by atoms with Crippen LogP contribution in [0.15, 0.2) is 162 Å². The van der Waals surface area contributed by atoms with Crippen molar-refractivity contribution in [3.8, 4) is 33.4 Å². The molecule has 55 heavy (non-hydrogen) atoms. The van der Waals surface area contributed by atoms with Gasteiger partial charge in [-0.2, -0.15) is 13.2 Å². The van der Waals surface area contributed by atoms with Gasteiger partial charge in [0, 0.05) is 27.8 Å². The number of halogens is 3. The molecule has 0 bridgehead atoms. The first-order valence-electron chi connectivity index (χ1n) is 18.7. The predicted molar refractivity (Wildman–Crippen MR) is 220 cm³/mol. The average Bonchev–Trinajstić information content (AvgIpc) is 3.63. The van der Waals surface area contributed by atoms with Gasteiger partial charge in [0.1, 0.15) is 11.2 Å². The van der Waals surface area contributed by atoms with Crippen molar-refractivity contribution in [1.82, 2.24) is 0 Å². The van der Waals surface area contributed by atoms with Crippen LogP contribution in [0.2, 0.25) is 0 Å². The van der Waals surface area contributed by atoms with E-state index in [1.807, 2.05) is 30.3 Å². The molecule has 0 fully saturated rings. The van der Waals surface area contributed by atoms with Crippen LogP contribution in [-0.2, 0) is 17.0 Å². The lowest BCUT2D eigenvalue weighted by Gasteiger charge is -2.26. The monoisotopic (exact) mass is 727 g/mol. The fourth-order valence-corrected chi connectivity index (χ4v) is 8.88. The topological polar surface area (TPSA) is 16.4 Å². The third-order valence-corrected chi connectivity index (χ3v) is 11.3. The number of nitrogens with zero attached hydrogens (tertiary/aromatic N) is 1. The Balaban J connectivity index is 1.16. The highest BCUT2D eigenvalue weighted by Crippen LogP contribution is 2.51. The van der Waals surface area contributed by atoms with Crippen molar-refractivity contribution in [3.05, 3.63) is 174 Å². The van der Waals surface area contributed by atoms with E-state index in [0.717, 1.165) is 90.9 Å². The molecular formula is C50H40F3NO. The summed E-state index contributed by atoms with van der Waals surface area (Å²) < 4.78 is 46.6. The summed E-state index contributed by atoms with van der Waals surface area (Å²) in [6, 6.07) is 51.7. The number of benzene rings is 7. The van der Waals surface area contributed by atoms with Crippen LogP contribution >= 0.6 is 0 Å². The van der Waals surface area contributed by atoms with Gasteiger partial charge in [-0.3, -0.25) is 0 Å². The number of rotatable bonds is 6. The average molecular weight is 728 g/mol. The van der Waals surface area contributed by atoms with Crippen molar-refractivity contribution in [1.29, 1.82) is 0 Å². The van der Waals surface area contributed by atoms with E-state index in [1.165, 1.54) is 11.1 Å². The molecule has 1 aliphatic rings. The molecule has 5 heteroatoms. The molecule has 7 aromatic carbocycles. The summed E-state index contributed by atoms with van der Waals surface area (Å²) in [6.45, 7) is 9.33. The summed E-state index contributed by atoms with van der Waals surface area (Å²) >= 11 is 0. The quantitative estimate of drug-likeness (QED) is 0.170.